The van der Waals surface area contributed by atoms with Crippen molar-refractivity contribution in [1.29, 1.82) is 0 Å². The topological polar surface area (TPSA) is 94.9 Å². The molecular formula is C4H6N4OS2. The van der Waals surface area contributed by atoms with Crippen LogP contribution in [0.25, 0.3) is 0 Å². The molecule has 1 aromatic rings. The van der Waals surface area contributed by atoms with E-state index < -0.39 is 0 Å². The number of aromatic nitrogens is 2. The Kier molecular flexibility index (Phi) is 2.66. The van der Waals surface area contributed by atoms with Crippen molar-refractivity contribution in [2.75, 3.05) is 11.5 Å². The third kappa shape index (κ3) is 2.72. The van der Waals surface area contributed by atoms with E-state index >= 15 is 0 Å². The van der Waals surface area contributed by atoms with E-state index in [0.717, 1.165) is 0 Å². The maximum Gasteiger partial charge on any atom is 0.227 e. The lowest BCUT2D eigenvalue weighted by molar-refractivity contribution is -0.115. The minimum absolute atomic E-state index is 0.217. The van der Waals surface area contributed by atoms with E-state index in [1.165, 1.54) is 23.1 Å². The third-order valence-electron chi connectivity index (χ3n) is 0.760. The number of nitrogen functional groups attached to an aromatic ring is 1. The molecule has 0 unspecified atom stereocenters. The fraction of sp³-hybridized carbons (Fsp3) is 0.250. The van der Waals surface area contributed by atoms with Crippen LogP contribution in [-0.4, -0.2) is 21.9 Å². The molecule has 1 aromatic heterocycles. The summed E-state index contributed by atoms with van der Waals surface area (Å²) >= 11 is 2.48. The van der Waals surface area contributed by atoms with Crippen molar-refractivity contribution in [3.8, 4) is 0 Å². The van der Waals surface area contributed by atoms with Crippen molar-refractivity contribution in [1.82, 2.24) is 10.2 Å². The number of hydrogen-bond acceptors (Lipinski definition) is 6. The standard InChI is InChI=1S/C4H6N4OS2/c5-2(9)1-10-4-8-7-3(6)11-4/h1H2,(H2,5,9)(H2,6,7). The smallest absolute Gasteiger partial charge is 0.227 e. The van der Waals surface area contributed by atoms with E-state index in [9.17, 15) is 4.79 Å². The van der Waals surface area contributed by atoms with E-state index in [-0.39, 0.29) is 11.7 Å². The van der Waals surface area contributed by atoms with Gasteiger partial charge in [-0.25, -0.2) is 0 Å². The lowest BCUT2D eigenvalue weighted by Gasteiger charge is -1.88. The Balaban J connectivity index is 2.45. The van der Waals surface area contributed by atoms with Crippen LogP contribution in [0.3, 0.4) is 0 Å². The molecule has 0 spiro atoms. The molecule has 0 saturated carbocycles. The summed E-state index contributed by atoms with van der Waals surface area (Å²) in [6.07, 6.45) is 0. The fourth-order valence-corrected chi connectivity index (χ4v) is 1.79. The highest BCUT2D eigenvalue weighted by Gasteiger charge is 2.02. The van der Waals surface area contributed by atoms with Gasteiger partial charge < -0.3 is 11.5 Å². The summed E-state index contributed by atoms with van der Waals surface area (Å²) in [5.41, 5.74) is 10.2. The van der Waals surface area contributed by atoms with Crippen molar-refractivity contribution in [3.63, 3.8) is 0 Å². The summed E-state index contributed by atoms with van der Waals surface area (Å²) in [5, 5.41) is 7.65. The number of nitrogens with two attached hydrogens (primary N) is 2. The summed E-state index contributed by atoms with van der Waals surface area (Å²) in [6, 6.07) is 0. The average Bonchev–Trinajstić information content (AvgIpc) is 2.31. The number of nitrogens with zero attached hydrogens (tertiary/aromatic N) is 2. The lowest BCUT2D eigenvalue weighted by Crippen LogP contribution is -2.12. The molecule has 0 aliphatic heterocycles. The summed E-state index contributed by atoms with van der Waals surface area (Å²) in [5.74, 6) is -0.155. The quantitative estimate of drug-likeness (QED) is 0.638. The van der Waals surface area contributed by atoms with E-state index in [2.05, 4.69) is 10.2 Å². The molecule has 5 nitrogen and oxygen atoms in total. The molecule has 0 aromatic carbocycles. The summed E-state index contributed by atoms with van der Waals surface area (Å²) in [7, 11) is 0. The molecule has 1 amide bonds. The molecule has 0 aliphatic rings. The Morgan fingerprint density at radius 3 is 2.82 bits per heavy atom. The predicted molar refractivity (Wildman–Crippen MR) is 44.2 cm³/mol. The number of carbonyl (C=O) groups is 1. The van der Waals surface area contributed by atoms with Gasteiger partial charge in [-0.3, -0.25) is 4.79 Å². The molecule has 60 valence electrons. The van der Waals surface area contributed by atoms with Crippen LogP contribution in [-0.2, 0) is 4.79 Å². The minimum atomic E-state index is -0.372. The molecule has 7 heteroatoms. The van der Waals surface area contributed by atoms with Gasteiger partial charge in [-0.05, 0) is 0 Å². The molecule has 11 heavy (non-hydrogen) atoms. The van der Waals surface area contributed by atoms with Crippen LogP contribution in [0.1, 0.15) is 0 Å². The molecule has 4 N–H and O–H groups in total. The van der Waals surface area contributed by atoms with Crippen LogP contribution in [0, 0.1) is 0 Å². The van der Waals surface area contributed by atoms with Crippen molar-refractivity contribution >= 4 is 34.1 Å². The predicted octanol–water partition coefficient (Wildman–Crippen LogP) is -0.302. The SMILES string of the molecule is NC(=O)CSc1nnc(N)s1. The van der Waals surface area contributed by atoms with Gasteiger partial charge in [-0.1, -0.05) is 23.1 Å². The Bertz CT molecular complexity index is 260. The van der Waals surface area contributed by atoms with Gasteiger partial charge in [0.1, 0.15) is 0 Å². The summed E-state index contributed by atoms with van der Waals surface area (Å²) < 4.78 is 0.668. The molecule has 0 fully saturated rings. The van der Waals surface area contributed by atoms with Gasteiger partial charge >= 0.3 is 0 Å². The molecule has 0 bridgehead atoms. The molecule has 0 atom stereocenters. The maximum absolute atomic E-state index is 10.3. The molecule has 0 aliphatic carbocycles. The van der Waals surface area contributed by atoms with Gasteiger partial charge in [0.05, 0.1) is 5.75 Å². The van der Waals surface area contributed by atoms with E-state index in [0.29, 0.717) is 9.47 Å². The zero-order chi connectivity index (χ0) is 8.27. The van der Waals surface area contributed by atoms with Crippen molar-refractivity contribution in [2.45, 2.75) is 4.34 Å². The molecule has 1 rings (SSSR count). The molecule has 0 radical (unpaired) electrons. The van der Waals surface area contributed by atoms with Crippen LogP contribution in [0.15, 0.2) is 4.34 Å². The van der Waals surface area contributed by atoms with Crippen LogP contribution in [0.2, 0.25) is 0 Å². The summed E-state index contributed by atoms with van der Waals surface area (Å²) in [4.78, 5) is 10.3. The molecule has 1 heterocycles. The number of thioether (sulfide) groups is 1. The van der Waals surface area contributed by atoms with Crippen LogP contribution >= 0.6 is 23.1 Å². The third-order valence-corrected chi connectivity index (χ3v) is 2.67. The van der Waals surface area contributed by atoms with Crippen molar-refractivity contribution in [2.24, 2.45) is 5.73 Å². The number of anilines is 1. The van der Waals surface area contributed by atoms with Crippen LogP contribution < -0.4 is 11.5 Å². The number of carbonyl (C=O) groups excluding carboxylic acids is 1. The Hall–Kier alpha value is -0.820. The van der Waals surface area contributed by atoms with E-state index in [1.807, 2.05) is 0 Å². The van der Waals surface area contributed by atoms with Crippen molar-refractivity contribution < 1.29 is 4.79 Å². The first-order chi connectivity index (χ1) is 5.18. The molecule has 0 saturated heterocycles. The second-order valence-electron chi connectivity index (χ2n) is 1.66. The fourth-order valence-electron chi connectivity index (χ4n) is 0.412. The Morgan fingerprint density at radius 1 is 1.64 bits per heavy atom. The monoisotopic (exact) mass is 190 g/mol. The largest absolute Gasteiger partial charge is 0.374 e. The first kappa shape index (κ1) is 8.28. The first-order valence-electron chi connectivity index (χ1n) is 2.68. The van der Waals surface area contributed by atoms with Gasteiger partial charge in [-0.2, -0.15) is 0 Å². The number of hydrogen-bond donors (Lipinski definition) is 2. The Morgan fingerprint density at radius 2 is 2.36 bits per heavy atom. The highest BCUT2D eigenvalue weighted by atomic mass is 32.2. The minimum Gasteiger partial charge on any atom is -0.374 e. The van der Waals surface area contributed by atoms with E-state index in [4.69, 9.17) is 11.5 Å². The van der Waals surface area contributed by atoms with Crippen LogP contribution in [0.5, 0.6) is 0 Å². The molecular weight excluding hydrogens is 184 g/mol. The first-order valence-corrected chi connectivity index (χ1v) is 4.49. The summed E-state index contributed by atoms with van der Waals surface area (Å²) in [6.45, 7) is 0. The van der Waals surface area contributed by atoms with Gasteiger partial charge in [0.25, 0.3) is 0 Å². The van der Waals surface area contributed by atoms with Gasteiger partial charge in [-0.15, -0.1) is 10.2 Å². The maximum atomic E-state index is 10.3. The zero-order valence-corrected chi connectivity index (χ0v) is 7.11. The van der Waals surface area contributed by atoms with Gasteiger partial charge in [0, 0.05) is 0 Å². The normalized spacial score (nSPS) is 9.82. The lowest BCUT2D eigenvalue weighted by atomic mass is 10.8. The zero-order valence-electron chi connectivity index (χ0n) is 5.48. The number of primary amides is 1. The second kappa shape index (κ2) is 3.54. The number of rotatable bonds is 3. The van der Waals surface area contributed by atoms with Gasteiger partial charge in [0.2, 0.25) is 11.0 Å². The Labute approximate surface area is 71.2 Å². The van der Waals surface area contributed by atoms with E-state index in [1.54, 1.807) is 0 Å². The van der Waals surface area contributed by atoms with Crippen molar-refractivity contribution in [3.05, 3.63) is 0 Å². The second-order valence-corrected chi connectivity index (χ2v) is 3.89. The van der Waals surface area contributed by atoms with Crippen LogP contribution in [0.4, 0.5) is 5.13 Å². The van der Waals surface area contributed by atoms with Gasteiger partial charge in [0.15, 0.2) is 4.34 Å². The highest BCUT2D eigenvalue weighted by molar-refractivity contribution is 8.01. The highest BCUT2D eigenvalue weighted by Crippen LogP contribution is 2.22. The number of amides is 1. The average molecular weight is 190 g/mol.